The summed E-state index contributed by atoms with van der Waals surface area (Å²) in [6, 6.07) is 3.29. The molecule has 0 aliphatic heterocycles. The first-order valence-corrected chi connectivity index (χ1v) is 4.74. The van der Waals surface area contributed by atoms with E-state index in [-0.39, 0.29) is 5.56 Å². The minimum absolute atomic E-state index is 0.116. The highest BCUT2D eigenvalue weighted by molar-refractivity contribution is 6.02. The van der Waals surface area contributed by atoms with Crippen LogP contribution in [-0.4, -0.2) is 11.7 Å². The molecule has 0 saturated heterocycles. The van der Waals surface area contributed by atoms with Gasteiger partial charge in [-0.1, -0.05) is 6.07 Å². The van der Waals surface area contributed by atoms with E-state index >= 15 is 0 Å². The summed E-state index contributed by atoms with van der Waals surface area (Å²) in [5.41, 5.74) is 2.58. The second-order valence-electron chi connectivity index (χ2n) is 3.97. The number of Topliss-reactive ketones (excluding diaryl/α,β-unsaturated/α-hetero) is 1. The van der Waals surface area contributed by atoms with E-state index in [1.165, 1.54) is 6.07 Å². The molecule has 3 heteroatoms. The summed E-state index contributed by atoms with van der Waals surface area (Å²) in [6.07, 6.45) is 0. The molecule has 0 bridgehead atoms. The van der Waals surface area contributed by atoms with E-state index in [0.717, 1.165) is 11.1 Å². The molecule has 1 aromatic carbocycles. The summed E-state index contributed by atoms with van der Waals surface area (Å²) >= 11 is 0. The highest BCUT2D eigenvalue weighted by Gasteiger charge is 2.34. The van der Waals surface area contributed by atoms with Crippen molar-refractivity contribution >= 4 is 5.78 Å². The molecule has 0 saturated carbocycles. The van der Waals surface area contributed by atoms with Gasteiger partial charge in [-0.15, -0.1) is 0 Å². The van der Waals surface area contributed by atoms with Gasteiger partial charge in [-0.25, -0.2) is 0 Å². The number of rotatable bonds is 2. The van der Waals surface area contributed by atoms with Crippen LogP contribution < -0.4 is 0 Å². The summed E-state index contributed by atoms with van der Waals surface area (Å²) in [6.45, 7) is 6.00. The van der Waals surface area contributed by atoms with E-state index in [4.69, 9.17) is 0 Å². The van der Waals surface area contributed by atoms with Crippen molar-refractivity contribution in [2.24, 2.45) is 0 Å². The van der Waals surface area contributed by atoms with Gasteiger partial charge in [0, 0.05) is 12.5 Å². The van der Waals surface area contributed by atoms with Crippen LogP contribution in [0.15, 0.2) is 12.1 Å². The number of carbonyl (C=O) groups excluding carboxylic acids is 1. The maximum Gasteiger partial charge on any atom is 0.307 e. The fourth-order valence-corrected chi connectivity index (χ4v) is 1.44. The third kappa shape index (κ3) is 2.41. The number of hydrogen-bond donors (Lipinski definition) is 0. The molecule has 0 atom stereocenters. The number of carbonyl (C=O) groups is 1. The third-order valence-corrected chi connectivity index (χ3v) is 2.48. The zero-order valence-electron chi connectivity index (χ0n) is 9.32. The molecule has 0 aliphatic rings. The Balaban J connectivity index is 3.28. The highest BCUT2D eigenvalue weighted by Crippen LogP contribution is 2.23. The fraction of sp³-hybridized carbons (Fsp3) is 0.417. The number of hydrogen-bond acceptors (Lipinski definition) is 1. The average molecular weight is 212 g/mol. The van der Waals surface area contributed by atoms with Crippen molar-refractivity contribution < 1.29 is 13.6 Å². The van der Waals surface area contributed by atoms with E-state index in [2.05, 4.69) is 0 Å². The van der Waals surface area contributed by atoms with Gasteiger partial charge in [0.1, 0.15) is 0 Å². The van der Waals surface area contributed by atoms with Crippen molar-refractivity contribution in [2.45, 2.75) is 33.6 Å². The summed E-state index contributed by atoms with van der Waals surface area (Å²) in [7, 11) is 0. The van der Waals surface area contributed by atoms with Crippen LogP contribution in [0, 0.1) is 20.8 Å². The predicted octanol–water partition coefficient (Wildman–Crippen LogP) is 3.45. The van der Waals surface area contributed by atoms with Crippen LogP contribution in [0.4, 0.5) is 8.78 Å². The third-order valence-electron chi connectivity index (χ3n) is 2.48. The summed E-state index contributed by atoms with van der Waals surface area (Å²) in [4.78, 5) is 11.4. The van der Waals surface area contributed by atoms with E-state index < -0.39 is 11.7 Å². The first-order valence-electron chi connectivity index (χ1n) is 4.74. The van der Waals surface area contributed by atoms with Gasteiger partial charge in [-0.3, -0.25) is 4.79 Å². The maximum absolute atomic E-state index is 12.9. The summed E-state index contributed by atoms with van der Waals surface area (Å²) in [5, 5.41) is 0. The molecule has 0 fully saturated rings. The second kappa shape index (κ2) is 3.72. The SMILES string of the molecule is Cc1cc(C)c(C(=O)C(C)(F)F)cc1C. The molecule has 0 heterocycles. The first kappa shape index (κ1) is 11.8. The predicted molar refractivity (Wildman–Crippen MR) is 55.6 cm³/mol. The molecule has 1 aromatic rings. The van der Waals surface area contributed by atoms with E-state index in [0.29, 0.717) is 12.5 Å². The maximum atomic E-state index is 12.9. The smallest absolute Gasteiger partial charge is 0.287 e. The average Bonchev–Trinajstić information content (AvgIpc) is 2.08. The molecule has 0 spiro atoms. The number of ketones is 1. The Morgan fingerprint density at radius 2 is 1.53 bits per heavy atom. The normalized spacial score (nSPS) is 11.6. The first-order chi connectivity index (χ1) is 6.73. The van der Waals surface area contributed by atoms with Crippen LogP contribution in [0.25, 0.3) is 0 Å². The molecule has 0 amide bonds. The van der Waals surface area contributed by atoms with Crippen molar-refractivity contribution in [1.82, 2.24) is 0 Å². The van der Waals surface area contributed by atoms with Gasteiger partial charge in [-0.05, 0) is 43.5 Å². The van der Waals surface area contributed by atoms with Crippen LogP contribution in [0.1, 0.15) is 34.0 Å². The van der Waals surface area contributed by atoms with Gasteiger partial charge in [-0.2, -0.15) is 8.78 Å². The van der Waals surface area contributed by atoms with Gasteiger partial charge in [0.2, 0.25) is 5.78 Å². The monoisotopic (exact) mass is 212 g/mol. The Morgan fingerprint density at radius 1 is 1.07 bits per heavy atom. The minimum Gasteiger partial charge on any atom is -0.287 e. The quantitative estimate of drug-likeness (QED) is 0.686. The molecule has 15 heavy (non-hydrogen) atoms. The van der Waals surface area contributed by atoms with Gasteiger partial charge in [0.05, 0.1) is 0 Å². The number of benzene rings is 1. The van der Waals surface area contributed by atoms with Crippen molar-refractivity contribution in [3.05, 3.63) is 34.4 Å². The van der Waals surface area contributed by atoms with Gasteiger partial charge in [0.15, 0.2) is 0 Å². The van der Waals surface area contributed by atoms with Gasteiger partial charge >= 0.3 is 5.92 Å². The molecule has 0 aliphatic carbocycles. The zero-order chi connectivity index (χ0) is 11.8. The van der Waals surface area contributed by atoms with Crippen LogP contribution in [-0.2, 0) is 0 Å². The molecule has 0 radical (unpaired) electrons. The molecule has 0 aromatic heterocycles. The number of halogens is 2. The van der Waals surface area contributed by atoms with Crippen molar-refractivity contribution in [3.8, 4) is 0 Å². The van der Waals surface area contributed by atoms with Crippen molar-refractivity contribution in [1.29, 1.82) is 0 Å². The van der Waals surface area contributed by atoms with Gasteiger partial charge in [0.25, 0.3) is 0 Å². The van der Waals surface area contributed by atoms with Crippen molar-refractivity contribution in [2.75, 3.05) is 0 Å². The van der Waals surface area contributed by atoms with Crippen molar-refractivity contribution in [3.63, 3.8) is 0 Å². The lowest BCUT2D eigenvalue weighted by molar-refractivity contribution is 0.0221. The van der Waals surface area contributed by atoms with Crippen LogP contribution >= 0.6 is 0 Å². The van der Waals surface area contributed by atoms with Crippen LogP contribution in [0.5, 0.6) is 0 Å². The Labute approximate surface area is 88.1 Å². The molecule has 1 nitrogen and oxygen atoms in total. The van der Waals surface area contributed by atoms with Crippen LogP contribution in [0.3, 0.4) is 0 Å². The molecule has 0 unspecified atom stereocenters. The lowest BCUT2D eigenvalue weighted by Crippen LogP contribution is -2.25. The van der Waals surface area contributed by atoms with E-state index in [1.807, 2.05) is 6.92 Å². The zero-order valence-corrected chi connectivity index (χ0v) is 9.32. The Morgan fingerprint density at radius 3 is 2.00 bits per heavy atom. The Hall–Kier alpha value is -1.25. The Kier molecular flexibility index (Phi) is 2.93. The molecule has 82 valence electrons. The topological polar surface area (TPSA) is 17.1 Å². The fourth-order valence-electron chi connectivity index (χ4n) is 1.44. The second-order valence-corrected chi connectivity index (χ2v) is 3.97. The lowest BCUT2D eigenvalue weighted by Gasteiger charge is -2.13. The summed E-state index contributed by atoms with van der Waals surface area (Å²) in [5.74, 6) is -4.41. The largest absolute Gasteiger partial charge is 0.307 e. The molecule has 1 rings (SSSR count). The van der Waals surface area contributed by atoms with E-state index in [1.54, 1.807) is 19.9 Å². The lowest BCUT2D eigenvalue weighted by atomic mass is 9.96. The molecular formula is C12H14F2O. The highest BCUT2D eigenvalue weighted by atomic mass is 19.3. The standard InChI is InChI=1S/C12H14F2O/c1-7-5-9(3)10(6-8(7)2)11(15)12(4,13)14/h5-6H,1-4H3. The van der Waals surface area contributed by atoms with E-state index in [9.17, 15) is 13.6 Å². The summed E-state index contributed by atoms with van der Waals surface area (Å²) < 4.78 is 25.7. The Bertz CT molecular complexity index is 403. The number of aryl methyl sites for hydroxylation is 3. The number of alkyl halides is 2. The van der Waals surface area contributed by atoms with Gasteiger partial charge < -0.3 is 0 Å². The molecule has 0 N–H and O–H groups in total. The molecular weight excluding hydrogens is 198 g/mol. The minimum atomic E-state index is -3.30. The van der Waals surface area contributed by atoms with Crippen LogP contribution in [0.2, 0.25) is 0 Å².